The summed E-state index contributed by atoms with van der Waals surface area (Å²) < 4.78 is 7.14. The van der Waals surface area contributed by atoms with E-state index in [1.165, 1.54) is 0 Å². The van der Waals surface area contributed by atoms with Crippen molar-refractivity contribution >= 4 is 33.6 Å². The zero-order valence-electron chi connectivity index (χ0n) is 19.5. The van der Waals surface area contributed by atoms with Crippen molar-refractivity contribution in [2.75, 3.05) is 25.1 Å². The molecule has 3 aromatic heterocycles. The van der Waals surface area contributed by atoms with E-state index in [0.717, 1.165) is 29.9 Å². The van der Waals surface area contributed by atoms with Crippen molar-refractivity contribution in [3.05, 3.63) is 53.4 Å². The molecule has 34 heavy (non-hydrogen) atoms. The van der Waals surface area contributed by atoms with Crippen LogP contribution in [0.5, 0.6) is 6.01 Å². The second-order valence-corrected chi connectivity index (χ2v) is 8.55. The summed E-state index contributed by atoms with van der Waals surface area (Å²) in [5, 5.41) is 18.9. The number of hydrogen-bond donors (Lipinski definition) is 1. The molecule has 1 aliphatic rings. The van der Waals surface area contributed by atoms with E-state index in [-0.39, 0.29) is 27.1 Å². The van der Waals surface area contributed by atoms with Gasteiger partial charge in [0.25, 0.3) is 0 Å². The van der Waals surface area contributed by atoms with Crippen LogP contribution in [0.4, 0.5) is 17.1 Å². The molecule has 0 spiro atoms. The number of anilines is 1. The maximum Gasteiger partial charge on any atom is 0.316 e. The number of methoxy groups -OCH3 is 1. The van der Waals surface area contributed by atoms with E-state index in [2.05, 4.69) is 51.2 Å². The summed E-state index contributed by atoms with van der Waals surface area (Å²) in [6.07, 6.45) is 5.55. The third kappa shape index (κ3) is 4.44. The average Bonchev–Trinajstić information content (AvgIpc) is 3.17. The number of nitrogens with one attached hydrogen (secondary N) is 1. The Labute approximate surface area is 212 Å². The van der Waals surface area contributed by atoms with Gasteiger partial charge in [-0.15, -0.1) is 11.4 Å². The maximum absolute atomic E-state index is 9.61. The summed E-state index contributed by atoms with van der Waals surface area (Å²) >= 11 is 0. The van der Waals surface area contributed by atoms with E-state index in [4.69, 9.17) is 10.1 Å². The van der Waals surface area contributed by atoms with Gasteiger partial charge in [-0.2, -0.15) is 10.2 Å². The van der Waals surface area contributed by atoms with Gasteiger partial charge in [0.15, 0.2) is 5.65 Å². The van der Waals surface area contributed by atoms with Crippen molar-refractivity contribution in [2.24, 2.45) is 0 Å². The Kier molecular flexibility index (Phi) is 6.74. The molecule has 4 aromatic rings. The summed E-state index contributed by atoms with van der Waals surface area (Å²) in [6, 6.07) is 9.06. The molecule has 0 saturated carbocycles. The molecule has 0 amide bonds. The van der Waals surface area contributed by atoms with Gasteiger partial charge in [-0.3, -0.25) is 0 Å². The number of nitrogens with zero attached hydrogens (tertiary/aromatic N) is 7. The van der Waals surface area contributed by atoms with Gasteiger partial charge in [0.2, 0.25) is 0 Å². The summed E-state index contributed by atoms with van der Waals surface area (Å²) in [5.74, 6) is 0. The number of hydrogen-bond acceptors (Lipinski definition) is 7. The normalized spacial score (nSPS) is 17.9. The zero-order chi connectivity index (χ0) is 23.1. The molecule has 1 saturated heterocycles. The second-order valence-electron chi connectivity index (χ2n) is 8.55. The van der Waals surface area contributed by atoms with Crippen molar-refractivity contribution in [2.45, 2.75) is 32.9 Å². The molecule has 0 aliphatic carbocycles. The summed E-state index contributed by atoms with van der Waals surface area (Å²) in [7, 11) is 1.55. The van der Waals surface area contributed by atoms with E-state index in [9.17, 15) is 5.26 Å². The van der Waals surface area contributed by atoms with Gasteiger partial charge >= 0.3 is 6.01 Å². The van der Waals surface area contributed by atoms with Crippen molar-refractivity contribution in [3.8, 4) is 12.1 Å². The van der Waals surface area contributed by atoms with Crippen LogP contribution in [0.2, 0.25) is 0 Å². The predicted octanol–water partition coefficient (Wildman–Crippen LogP) is 3.99. The minimum atomic E-state index is 0. The second kappa shape index (κ2) is 9.57. The number of piperazine rings is 1. The van der Waals surface area contributed by atoms with E-state index in [1.807, 2.05) is 29.8 Å². The van der Waals surface area contributed by atoms with Crippen LogP contribution >= 0.6 is 0 Å². The van der Waals surface area contributed by atoms with Crippen LogP contribution in [0.3, 0.4) is 0 Å². The van der Waals surface area contributed by atoms with Crippen molar-refractivity contribution in [1.82, 2.24) is 24.7 Å². The first-order chi connectivity index (χ1) is 15.9. The molecular formula is C24H25N8OW-. The standard InChI is InChI=1S/C24H25N8O.W/c1-14-10-31(11-15(2)27-14)21-6-5-20(22-19(21)9-26-24(30-22)33-4)29-18-7-17(8-25)23-28-16(3)12-32(23)13-18;/h5-7,9,12-15,27H,10-11H2,1-4H3;/q-1;. The monoisotopic (exact) mass is 625 g/mol. The Hall–Kier alpha value is -3.21. The molecule has 1 aromatic carbocycles. The Balaban J connectivity index is 0.00000274. The van der Waals surface area contributed by atoms with Crippen molar-refractivity contribution in [3.63, 3.8) is 0 Å². The zero-order valence-corrected chi connectivity index (χ0v) is 22.4. The number of imidazole rings is 1. The molecular weight excluding hydrogens is 600 g/mol. The van der Waals surface area contributed by atoms with Crippen molar-refractivity contribution in [1.29, 1.82) is 5.26 Å². The Morgan fingerprint density at radius 2 is 1.94 bits per heavy atom. The van der Waals surface area contributed by atoms with Gasteiger partial charge < -0.3 is 24.7 Å². The number of nitriles is 1. The molecule has 1 aliphatic heterocycles. The van der Waals surface area contributed by atoms with E-state index in [0.29, 0.717) is 40.2 Å². The van der Waals surface area contributed by atoms with Crippen molar-refractivity contribution < 1.29 is 25.8 Å². The van der Waals surface area contributed by atoms with Gasteiger partial charge in [0.05, 0.1) is 23.9 Å². The smallest absolute Gasteiger partial charge is 0.316 e. The van der Waals surface area contributed by atoms with Crippen LogP contribution in [-0.2, 0) is 21.1 Å². The molecule has 9 nitrogen and oxygen atoms in total. The van der Waals surface area contributed by atoms with Gasteiger partial charge in [-0.05, 0) is 33.0 Å². The largest absolute Gasteiger partial charge is 0.655 e. The number of benzene rings is 1. The summed E-state index contributed by atoms with van der Waals surface area (Å²) in [5.41, 5.74) is 5.05. The van der Waals surface area contributed by atoms with Gasteiger partial charge in [-0.1, -0.05) is 12.1 Å². The molecule has 1 N–H and O–H groups in total. The summed E-state index contributed by atoms with van der Waals surface area (Å²) in [4.78, 5) is 15.8. The van der Waals surface area contributed by atoms with Crippen LogP contribution < -0.4 is 15.0 Å². The van der Waals surface area contributed by atoms with Crippen LogP contribution in [0, 0.1) is 18.3 Å². The number of pyridine rings is 1. The topological polar surface area (TPSA) is 105 Å². The van der Waals surface area contributed by atoms with E-state index >= 15 is 0 Å². The quantitative estimate of drug-likeness (QED) is 0.366. The predicted molar refractivity (Wildman–Crippen MR) is 128 cm³/mol. The molecule has 2 unspecified atom stereocenters. The minimum Gasteiger partial charge on any atom is -0.655 e. The Morgan fingerprint density at radius 3 is 2.65 bits per heavy atom. The Bertz CT molecular complexity index is 1390. The fourth-order valence-corrected chi connectivity index (χ4v) is 4.55. The van der Waals surface area contributed by atoms with Gasteiger partial charge in [0.1, 0.15) is 6.07 Å². The van der Waals surface area contributed by atoms with E-state index < -0.39 is 0 Å². The maximum atomic E-state index is 9.61. The molecule has 2 atom stereocenters. The molecule has 1 fully saturated rings. The molecule has 0 radical (unpaired) electrons. The number of aromatic nitrogens is 4. The number of aryl methyl sites for hydroxylation is 1. The fourth-order valence-electron chi connectivity index (χ4n) is 4.55. The minimum absolute atomic E-state index is 0. The molecule has 174 valence electrons. The van der Waals surface area contributed by atoms with E-state index in [1.54, 1.807) is 19.4 Å². The third-order valence-electron chi connectivity index (χ3n) is 5.79. The number of fused-ring (bicyclic) bond motifs is 2. The number of rotatable bonds is 4. The average molecular weight is 625 g/mol. The third-order valence-corrected chi connectivity index (χ3v) is 5.79. The first kappa shape index (κ1) is 23.9. The van der Waals surface area contributed by atoms with Crippen LogP contribution in [0.15, 0.2) is 36.8 Å². The van der Waals surface area contributed by atoms with Gasteiger partial charge in [-0.25, -0.2) is 9.97 Å². The fraction of sp³-hybridized carbons (Fsp3) is 0.333. The summed E-state index contributed by atoms with van der Waals surface area (Å²) in [6.45, 7) is 8.07. The first-order valence-corrected chi connectivity index (χ1v) is 10.9. The van der Waals surface area contributed by atoms with Crippen LogP contribution in [0.25, 0.3) is 21.9 Å². The molecule has 4 heterocycles. The van der Waals surface area contributed by atoms with Crippen LogP contribution in [0.1, 0.15) is 25.1 Å². The van der Waals surface area contributed by atoms with Gasteiger partial charge in [0, 0.05) is 69.7 Å². The first-order valence-electron chi connectivity index (χ1n) is 10.9. The number of ether oxygens (including phenoxy) is 1. The Morgan fingerprint density at radius 1 is 1.18 bits per heavy atom. The molecule has 5 rings (SSSR count). The SMILES string of the molecule is COc1ncc2c(N3CC(C)NC(C)C3)ccc([N-]c3cc(C#N)c4nc(C)cn4c3)c2n1.[W]. The molecule has 0 bridgehead atoms. The van der Waals surface area contributed by atoms with Crippen LogP contribution in [-0.4, -0.2) is 51.6 Å². The molecule has 10 heteroatoms.